The van der Waals surface area contributed by atoms with E-state index < -0.39 is 29.9 Å². The third kappa shape index (κ3) is 6.43. The molecule has 1 N–H and O–H groups in total. The van der Waals surface area contributed by atoms with Gasteiger partial charge in [-0.2, -0.15) is 0 Å². The van der Waals surface area contributed by atoms with E-state index in [0.29, 0.717) is 31.1 Å². The van der Waals surface area contributed by atoms with Crippen LogP contribution in [0.3, 0.4) is 0 Å². The van der Waals surface area contributed by atoms with Crippen LogP contribution in [0.5, 0.6) is 11.5 Å². The minimum absolute atomic E-state index is 0.000380. The third-order valence-electron chi connectivity index (χ3n) is 8.64. The fourth-order valence-electron chi connectivity index (χ4n) is 6.33. The Bertz CT molecular complexity index is 1380. The molecule has 0 bridgehead atoms. The Kier molecular flexibility index (Phi) is 9.14. The molecule has 12 heteroatoms. The average molecular weight is 595 g/mol. The average Bonchev–Trinajstić information content (AvgIpc) is 3.59. The van der Waals surface area contributed by atoms with E-state index in [9.17, 15) is 24.3 Å². The zero-order valence-corrected chi connectivity index (χ0v) is 25.0. The normalized spacial score (nSPS) is 21.9. The van der Waals surface area contributed by atoms with E-state index >= 15 is 0 Å². The molecule has 0 spiro atoms. The van der Waals surface area contributed by atoms with Crippen LogP contribution < -0.4 is 18.9 Å². The van der Waals surface area contributed by atoms with Crippen molar-refractivity contribution in [2.75, 3.05) is 51.5 Å². The van der Waals surface area contributed by atoms with Gasteiger partial charge in [0.2, 0.25) is 18.6 Å². The first kappa shape index (κ1) is 30.3. The Morgan fingerprint density at radius 3 is 2.70 bits per heavy atom. The summed E-state index contributed by atoms with van der Waals surface area (Å²) in [5, 5.41) is 10.5. The number of amides is 4. The quantitative estimate of drug-likeness (QED) is 0.393. The predicted octanol–water partition coefficient (Wildman–Crippen LogP) is 2.22. The lowest BCUT2D eigenvalue weighted by atomic mass is 9.84. The van der Waals surface area contributed by atoms with Crippen molar-refractivity contribution < 1.29 is 38.3 Å². The summed E-state index contributed by atoms with van der Waals surface area (Å²) in [6.07, 6.45) is 5.97. The van der Waals surface area contributed by atoms with E-state index in [1.165, 1.54) is 9.80 Å². The highest BCUT2D eigenvalue weighted by molar-refractivity contribution is 5.96. The number of imide groups is 1. The molecule has 12 nitrogen and oxygen atoms in total. The first-order valence-electron chi connectivity index (χ1n) is 14.9. The summed E-state index contributed by atoms with van der Waals surface area (Å²) in [7, 11) is 3.54. The molecule has 1 unspecified atom stereocenters. The van der Waals surface area contributed by atoms with Crippen molar-refractivity contribution in [2.24, 2.45) is 13.0 Å². The molecule has 2 aromatic rings. The van der Waals surface area contributed by atoms with Crippen LogP contribution in [0, 0.1) is 5.92 Å². The number of aromatic nitrogens is 1. The molecule has 5 rings (SSSR count). The van der Waals surface area contributed by atoms with Gasteiger partial charge in [-0.3, -0.25) is 24.2 Å². The van der Waals surface area contributed by atoms with Crippen molar-refractivity contribution in [1.82, 2.24) is 14.7 Å². The standard InChI is InChI=1S/C31H39N5O7/c1-4-5-13-35(22-7-6-12-32(2)17-22)28(38)19-34-18-23(21-8-9-25-26(16-21)43-20-42-25)29(30(39)40)24(34)10-15-36-27(37)11-14-33(3)31(36)41/h6-9,12,16-17,23-24,29H,4-5,10-11,13-15,18-20H2,1-3H3/p+1/t23-,24+,29?/m1/s1. The number of benzene rings is 1. The molecule has 2 saturated heterocycles. The van der Waals surface area contributed by atoms with Crippen LogP contribution in [0.25, 0.3) is 0 Å². The molecule has 3 atom stereocenters. The van der Waals surface area contributed by atoms with Crippen LogP contribution in [0.15, 0.2) is 42.7 Å². The Morgan fingerprint density at radius 2 is 1.95 bits per heavy atom. The number of carboxylic acid groups (broad SMARTS) is 1. The number of unbranched alkanes of at least 4 members (excludes halogenated alkanes) is 1. The number of aliphatic carboxylic acids is 1. The maximum Gasteiger partial charge on any atom is 0.326 e. The first-order valence-corrected chi connectivity index (χ1v) is 14.9. The topological polar surface area (TPSA) is 124 Å². The number of ether oxygens (including phenoxy) is 2. The van der Waals surface area contributed by atoms with Crippen molar-refractivity contribution in [3.05, 3.63) is 48.3 Å². The molecule has 1 aromatic heterocycles. The molecule has 0 radical (unpaired) electrons. The second-order valence-corrected chi connectivity index (χ2v) is 11.5. The van der Waals surface area contributed by atoms with Gasteiger partial charge in [-0.25, -0.2) is 9.36 Å². The van der Waals surface area contributed by atoms with Crippen molar-refractivity contribution in [1.29, 1.82) is 0 Å². The van der Waals surface area contributed by atoms with E-state index in [-0.39, 0.29) is 44.5 Å². The molecule has 3 aliphatic heterocycles. The number of hydrogen-bond acceptors (Lipinski definition) is 7. The summed E-state index contributed by atoms with van der Waals surface area (Å²) in [6.45, 7) is 3.45. The van der Waals surface area contributed by atoms with Crippen LogP contribution in [0.4, 0.5) is 10.5 Å². The van der Waals surface area contributed by atoms with Gasteiger partial charge in [0.1, 0.15) is 12.7 Å². The minimum atomic E-state index is -0.992. The van der Waals surface area contributed by atoms with E-state index in [2.05, 4.69) is 6.92 Å². The highest BCUT2D eigenvalue weighted by Gasteiger charge is 2.48. The number of hydrogen-bond donors (Lipinski definition) is 1. The van der Waals surface area contributed by atoms with Crippen LogP contribution >= 0.6 is 0 Å². The highest BCUT2D eigenvalue weighted by atomic mass is 16.7. The van der Waals surface area contributed by atoms with Crippen LogP contribution in [-0.4, -0.2) is 96.2 Å². The number of fused-ring (bicyclic) bond motifs is 1. The summed E-state index contributed by atoms with van der Waals surface area (Å²) in [6, 6.07) is 8.25. The number of likely N-dealkylation sites (tertiary alicyclic amines) is 1. The molecule has 1 aromatic carbocycles. The number of aryl methyl sites for hydroxylation is 1. The van der Waals surface area contributed by atoms with Crippen molar-refractivity contribution in [3.8, 4) is 11.5 Å². The number of anilines is 1. The van der Waals surface area contributed by atoms with Gasteiger partial charge in [-0.15, -0.1) is 0 Å². The summed E-state index contributed by atoms with van der Waals surface area (Å²) in [5.74, 6) is -1.56. The number of rotatable bonds is 11. The molecule has 4 amide bonds. The summed E-state index contributed by atoms with van der Waals surface area (Å²) < 4.78 is 12.9. The van der Waals surface area contributed by atoms with Gasteiger partial charge in [0.05, 0.1) is 12.5 Å². The maximum absolute atomic E-state index is 14.0. The second-order valence-electron chi connectivity index (χ2n) is 11.5. The molecule has 4 heterocycles. The maximum atomic E-state index is 14.0. The molecule has 43 heavy (non-hydrogen) atoms. The number of pyridine rings is 1. The minimum Gasteiger partial charge on any atom is -0.481 e. The van der Waals surface area contributed by atoms with Gasteiger partial charge in [0.25, 0.3) is 0 Å². The molecular weight excluding hydrogens is 554 g/mol. The summed E-state index contributed by atoms with van der Waals surface area (Å²) in [5.41, 5.74) is 1.55. The van der Waals surface area contributed by atoms with Crippen LogP contribution in [-0.2, 0) is 21.4 Å². The predicted molar refractivity (Wildman–Crippen MR) is 156 cm³/mol. The van der Waals surface area contributed by atoms with Crippen molar-refractivity contribution >= 4 is 29.5 Å². The van der Waals surface area contributed by atoms with E-state index in [1.54, 1.807) is 18.0 Å². The number of carboxylic acids is 1. The smallest absolute Gasteiger partial charge is 0.326 e. The van der Waals surface area contributed by atoms with Crippen LogP contribution in [0.1, 0.15) is 44.1 Å². The van der Waals surface area contributed by atoms with E-state index in [4.69, 9.17) is 9.47 Å². The van der Waals surface area contributed by atoms with Crippen molar-refractivity contribution in [3.63, 3.8) is 0 Å². The zero-order chi connectivity index (χ0) is 30.7. The highest BCUT2D eigenvalue weighted by Crippen LogP contribution is 2.43. The van der Waals surface area contributed by atoms with Gasteiger partial charge >= 0.3 is 12.0 Å². The number of carbonyl (C=O) groups excluding carboxylic acids is 3. The van der Waals surface area contributed by atoms with Gasteiger partial charge in [-0.05, 0) is 36.6 Å². The fourth-order valence-corrected chi connectivity index (χ4v) is 6.33. The lowest BCUT2D eigenvalue weighted by Gasteiger charge is -2.34. The Hall–Kier alpha value is -4.19. The molecule has 0 aliphatic carbocycles. The number of urea groups is 1. The largest absolute Gasteiger partial charge is 0.481 e. The first-order chi connectivity index (χ1) is 20.7. The molecule has 230 valence electrons. The second kappa shape index (κ2) is 13.0. The SMILES string of the molecule is CCCCN(C(=O)CN1C[C@H](c2ccc3c(c2)OCO3)C(C(=O)O)[C@@H]1CCN1C(=O)CCN(C)C1=O)c1ccc[n+](C)c1. The fraction of sp³-hybridized carbons (Fsp3) is 0.516. The summed E-state index contributed by atoms with van der Waals surface area (Å²) >= 11 is 0. The Morgan fingerprint density at radius 1 is 1.16 bits per heavy atom. The zero-order valence-electron chi connectivity index (χ0n) is 25.0. The van der Waals surface area contributed by atoms with E-state index in [1.807, 2.05) is 53.2 Å². The third-order valence-corrected chi connectivity index (χ3v) is 8.64. The van der Waals surface area contributed by atoms with Gasteiger partial charge < -0.3 is 24.4 Å². The van der Waals surface area contributed by atoms with Gasteiger partial charge in [0.15, 0.2) is 23.9 Å². The van der Waals surface area contributed by atoms with Crippen molar-refractivity contribution in [2.45, 2.75) is 44.6 Å². The van der Waals surface area contributed by atoms with Crippen LogP contribution in [0.2, 0.25) is 0 Å². The molecule has 2 fully saturated rings. The summed E-state index contributed by atoms with van der Waals surface area (Å²) in [4.78, 5) is 58.7. The van der Waals surface area contributed by atoms with E-state index in [0.717, 1.165) is 24.1 Å². The van der Waals surface area contributed by atoms with Gasteiger partial charge in [0, 0.05) is 57.7 Å². The molecule has 3 aliphatic rings. The number of carbonyl (C=O) groups is 4. The lowest BCUT2D eigenvalue weighted by molar-refractivity contribution is -0.670. The van der Waals surface area contributed by atoms with Gasteiger partial charge in [-0.1, -0.05) is 19.4 Å². The monoisotopic (exact) mass is 594 g/mol. The number of nitrogens with zero attached hydrogens (tertiary/aromatic N) is 5. The Labute approximate surface area is 251 Å². The Balaban J connectivity index is 1.44. The molecular formula is C31H40N5O7+. The lowest BCUT2D eigenvalue weighted by Crippen LogP contribution is -2.52. The molecule has 0 saturated carbocycles.